The van der Waals surface area contributed by atoms with Crippen molar-refractivity contribution in [2.24, 2.45) is 0 Å². The fourth-order valence-corrected chi connectivity index (χ4v) is 3.73. The Morgan fingerprint density at radius 2 is 1.86 bits per heavy atom. The molecule has 0 radical (unpaired) electrons. The molecule has 0 unspecified atom stereocenters. The average Bonchev–Trinajstić information content (AvgIpc) is 2.53. The zero-order chi connectivity index (χ0) is 15.8. The lowest BCUT2D eigenvalue weighted by molar-refractivity contribution is 0.239. The average molecular weight is 325 g/mol. The van der Waals surface area contributed by atoms with E-state index < -0.39 is 10.0 Å². The maximum Gasteiger partial charge on any atom is 0.240 e. The molecule has 2 N–H and O–H groups in total. The lowest BCUT2D eigenvalue weighted by Gasteiger charge is -2.27. The van der Waals surface area contributed by atoms with Gasteiger partial charge < -0.3 is 10.2 Å². The molecule has 1 saturated heterocycles. The fraction of sp³-hybridized carbons (Fsp3) is 0.625. The van der Waals surface area contributed by atoms with Crippen molar-refractivity contribution in [1.29, 1.82) is 0 Å². The van der Waals surface area contributed by atoms with Gasteiger partial charge in [-0.05, 0) is 37.1 Å². The number of piperazine rings is 1. The summed E-state index contributed by atoms with van der Waals surface area (Å²) in [6.45, 7) is 7.69. The minimum Gasteiger partial charge on any atom is -0.314 e. The molecule has 0 atom stereocenters. The van der Waals surface area contributed by atoms with Gasteiger partial charge in [-0.15, -0.1) is 0 Å². The molecule has 0 aliphatic carbocycles. The number of nitrogens with zero attached hydrogens (tertiary/aromatic N) is 1. The zero-order valence-corrected chi connectivity index (χ0v) is 14.2. The lowest BCUT2D eigenvalue weighted by Crippen LogP contribution is -2.44. The molecule has 6 heteroatoms. The molecule has 22 heavy (non-hydrogen) atoms. The smallest absolute Gasteiger partial charge is 0.240 e. The summed E-state index contributed by atoms with van der Waals surface area (Å²) >= 11 is 0. The number of nitrogens with one attached hydrogen (secondary N) is 2. The van der Waals surface area contributed by atoms with Crippen molar-refractivity contribution in [3.8, 4) is 0 Å². The Bertz CT molecular complexity index is 537. The van der Waals surface area contributed by atoms with Crippen LogP contribution in [0.1, 0.15) is 25.3 Å². The van der Waals surface area contributed by atoms with Gasteiger partial charge in [0.2, 0.25) is 10.0 Å². The summed E-state index contributed by atoms with van der Waals surface area (Å²) in [4.78, 5) is 2.72. The molecule has 124 valence electrons. The first-order chi connectivity index (χ1) is 10.6. The number of benzene rings is 1. The number of hydrogen-bond donors (Lipinski definition) is 2. The van der Waals surface area contributed by atoms with Crippen LogP contribution < -0.4 is 10.0 Å². The van der Waals surface area contributed by atoms with Gasteiger partial charge in [0.25, 0.3) is 0 Å². The molecule has 0 saturated carbocycles. The molecule has 0 amide bonds. The van der Waals surface area contributed by atoms with Crippen molar-refractivity contribution in [2.45, 2.75) is 31.1 Å². The van der Waals surface area contributed by atoms with Gasteiger partial charge in [-0.3, -0.25) is 0 Å². The van der Waals surface area contributed by atoms with E-state index >= 15 is 0 Å². The second-order valence-electron chi connectivity index (χ2n) is 5.74. The van der Waals surface area contributed by atoms with Gasteiger partial charge in [-0.1, -0.05) is 25.5 Å². The summed E-state index contributed by atoms with van der Waals surface area (Å²) in [7, 11) is -3.38. The number of sulfonamides is 1. The molecule has 1 fully saturated rings. The quantitative estimate of drug-likeness (QED) is 0.706. The molecule has 0 spiro atoms. The van der Waals surface area contributed by atoms with Crippen LogP contribution >= 0.6 is 0 Å². The number of rotatable bonds is 8. The van der Waals surface area contributed by atoms with E-state index in [1.54, 1.807) is 12.1 Å². The summed E-state index contributed by atoms with van der Waals surface area (Å²) in [5.41, 5.74) is 1.18. The van der Waals surface area contributed by atoms with Crippen LogP contribution in [0.4, 0.5) is 0 Å². The molecule has 0 aromatic heterocycles. The van der Waals surface area contributed by atoms with E-state index in [9.17, 15) is 8.42 Å². The lowest BCUT2D eigenvalue weighted by atomic mass is 10.1. The number of aryl methyl sites for hydroxylation is 1. The Hall–Kier alpha value is -0.950. The minimum atomic E-state index is -3.38. The van der Waals surface area contributed by atoms with E-state index in [4.69, 9.17) is 0 Å². The van der Waals surface area contributed by atoms with Gasteiger partial charge in [0.05, 0.1) is 4.90 Å². The van der Waals surface area contributed by atoms with Crippen LogP contribution in [0.2, 0.25) is 0 Å². The zero-order valence-electron chi connectivity index (χ0n) is 13.3. The first-order valence-electron chi connectivity index (χ1n) is 8.13. The van der Waals surface area contributed by atoms with Crippen LogP contribution in [0.25, 0.3) is 0 Å². The molecule has 2 rings (SSSR count). The van der Waals surface area contributed by atoms with Crippen LogP contribution in [0, 0.1) is 0 Å². The van der Waals surface area contributed by atoms with Crippen LogP contribution in [0.15, 0.2) is 29.2 Å². The Morgan fingerprint density at radius 3 is 2.50 bits per heavy atom. The third-order valence-corrected chi connectivity index (χ3v) is 5.40. The predicted molar refractivity (Wildman–Crippen MR) is 89.6 cm³/mol. The topological polar surface area (TPSA) is 61.4 Å². The third kappa shape index (κ3) is 5.35. The highest BCUT2D eigenvalue weighted by molar-refractivity contribution is 7.89. The Morgan fingerprint density at radius 1 is 1.18 bits per heavy atom. The van der Waals surface area contributed by atoms with Crippen LogP contribution in [-0.4, -0.2) is 52.6 Å². The van der Waals surface area contributed by atoms with Crippen molar-refractivity contribution < 1.29 is 8.42 Å². The Kier molecular flexibility index (Phi) is 6.82. The van der Waals surface area contributed by atoms with Gasteiger partial charge in [0, 0.05) is 32.7 Å². The van der Waals surface area contributed by atoms with Crippen molar-refractivity contribution >= 4 is 10.0 Å². The van der Waals surface area contributed by atoms with E-state index in [1.165, 1.54) is 5.56 Å². The van der Waals surface area contributed by atoms with Gasteiger partial charge in [-0.2, -0.15) is 0 Å². The fourth-order valence-electron chi connectivity index (χ4n) is 2.65. The van der Waals surface area contributed by atoms with Gasteiger partial charge in [0.15, 0.2) is 0 Å². The van der Waals surface area contributed by atoms with Crippen LogP contribution in [0.3, 0.4) is 0 Å². The summed E-state index contributed by atoms with van der Waals surface area (Å²) in [6.07, 6.45) is 2.89. The first-order valence-corrected chi connectivity index (χ1v) is 9.62. The SMILES string of the molecule is CCCc1ccc(S(=O)(=O)NCCCN2CCNCC2)cc1. The van der Waals surface area contributed by atoms with Crippen LogP contribution in [-0.2, 0) is 16.4 Å². The normalized spacial score (nSPS) is 16.8. The number of hydrogen-bond acceptors (Lipinski definition) is 4. The second-order valence-corrected chi connectivity index (χ2v) is 7.50. The Balaban J connectivity index is 1.77. The standard InChI is InChI=1S/C16H27N3O2S/c1-2-4-15-5-7-16(8-6-15)22(20,21)18-9-3-12-19-13-10-17-11-14-19/h5-8,17-18H,2-4,9-14H2,1H3. The third-order valence-electron chi connectivity index (χ3n) is 3.93. The van der Waals surface area contributed by atoms with E-state index in [1.807, 2.05) is 12.1 Å². The highest BCUT2D eigenvalue weighted by Gasteiger charge is 2.14. The van der Waals surface area contributed by atoms with E-state index in [2.05, 4.69) is 21.9 Å². The molecule has 1 aliphatic rings. The highest BCUT2D eigenvalue weighted by Crippen LogP contribution is 2.11. The molecular weight excluding hydrogens is 298 g/mol. The maximum absolute atomic E-state index is 12.2. The van der Waals surface area contributed by atoms with Crippen molar-refractivity contribution in [2.75, 3.05) is 39.3 Å². The van der Waals surface area contributed by atoms with Gasteiger partial charge >= 0.3 is 0 Å². The van der Waals surface area contributed by atoms with E-state index in [-0.39, 0.29) is 0 Å². The first kappa shape index (κ1) is 17.4. The predicted octanol–water partition coefficient (Wildman–Crippen LogP) is 1.21. The largest absolute Gasteiger partial charge is 0.314 e. The summed E-state index contributed by atoms with van der Waals surface area (Å²) in [5.74, 6) is 0. The Labute approximate surface area is 134 Å². The van der Waals surface area contributed by atoms with Crippen molar-refractivity contribution in [3.05, 3.63) is 29.8 Å². The molecule has 1 heterocycles. The van der Waals surface area contributed by atoms with E-state index in [0.717, 1.165) is 52.0 Å². The van der Waals surface area contributed by atoms with Gasteiger partial charge in [0.1, 0.15) is 0 Å². The van der Waals surface area contributed by atoms with Crippen LogP contribution in [0.5, 0.6) is 0 Å². The summed E-state index contributed by atoms with van der Waals surface area (Å²) in [5, 5.41) is 3.31. The molecule has 5 nitrogen and oxygen atoms in total. The second kappa shape index (κ2) is 8.62. The summed E-state index contributed by atoms with van der Waals surface area (Å²) < 4.78 is 27.1. The van der Waals surface area contributed by atoms with E-state index in [0.29, 0.717) is 11.4 Å². The monoisotopic (exact) mass is 325 g/mol. The molecule has 1 aromatic carbocycles. The molecule has 0 bridgehead atoms. The van der Waals surface area contributed by atoms with Crippen molar-refractivity contribution in [3.63, 3.8) is 0 Å². The summed E-state index contributed by atoms with van der Waals surface area (Å²) in [6, 6.07) is 7.20. The molecular formula is C16H27N3O2S. The van der Waals surface area contributed by atoms with Crippen molar-refractivity contribution in [1.82, 2.24) is 14.9 Å². The highest BCUT2D eigenvalue weighted by atomic mass is 32.2. The molecule has 1 aromatic rings. The molecule has 1 aliphatic heterocycles. The maximum atomic E-state index is 12.2. The minimum absolute atomic E-state index is 0.356. The van der Waals surface area contributed by atoms with Gasteiger partial charge in [-0.25, -0.2) is 13.1 Å².